The fourth-order valence-corrected chi connectivity index (χ4v) is 3.77. The van der Waals surface area contributed by atoms with Crippen molar-refractivity contribution < 1.29 is 24.3 Å². The first-order valence-corrected chi connectivity index (χ1v) is 11.4. The molecule has 1 atom stereocenters. The third kappa shape index (κ3) is 14.0. The van der Waals surface area contributed by atoms with E-state index in [0.717, 1.165) is 19.3 Å². The van der Waals surface area contributed by atoms with Crippen molar-refractivity contribution >= 4 is 13.6 Å². The fraction of sp³-hybridized carbons (Fsp3) is 0.944. The molecule has 0 bridgehead atoms. The number of carbonyl (C=O) groups is 1. The average molecular weight is 364 g/mol. The van der Waals surface area contributed by atoms with E-state index in [4.69, 9.17) is 14.9 Å². The van der Waals surface area contributed by atoms with Gasteiger partial charge in [-0.1, -0.05) is 96.8 Å². The molecular formula is C18H37O5P. The van der Waals surface area contributed by atoms with Crippen LogP contribution in [0.3, 0.4) is 0 Å². The molecule has 1 unspecified atom stereocenters. The summed E-state index contributed by atoms with van der Waals surface area (Å²) in [7, 11) is -4.52. The molecule has 0 rings (SSSR count). The summed E-state index contributed by atoms with van der Waals surface area (Å²) in [4.78, 5) is 28.8. The van der Waals surface area contributed by atoms with Crippen LogP contribution in [0.2, 0.25) is 0 Å². The predicted octanol–water partition coefficient (Wildman–Crippen LogP) is 5.49. The largest absolute Gasteiger partial charge is 0.481 e. The topological polar surface area (TPSA) is 94.8 Å². The first kappa shape index (κ1) is 23.6. The second-order valence-corrected chi connectivity index (χ2v) is 8.63. The molecule has 0 aliphatic rings. The van der Waals surface area contributed by atoms with Gasteiger partial charge in [0.05, 0.1) is 0 Å². The SMILES string of the molecule is CCCCCCCCCCCCCCCCC(C(=O)O)P(=O)(O)O. The highest BCUT2D eigenvalue weighted by atomic mass is 31.2. The summed E-state index contributed by atoms with van der Waals surface area (Å²) in [6.07, 6.45) is 16.9. The highest BCUT2D eigenvalue weighted by Gasteiger charge is 2.34. The van der Waals surface area contributed by atoms with E-state index in [9.17, 15) is 9.36 Å². The van der Waals surface area contributed by atoms with E-state index in [0.29, 0.717) is 6.42 Å². The molecule has 0 spiro atoms. The minimum Gasteiger partial charge on any atom is -0.481 e. The number of carboxylic acids is 1. The van der Waals surface area contributed by atoms with Gasteiger partial charge in [-0.25, -0.2) is 0 Å². The smallest absolute Gasteiger partial charge is 0.339 e. The molecule has 6 heteroatoms. The lowest BCUT2D eigenvalue weighted by atomic mass is 10.0. The van der Waals surface area contributed by atoms with Gasteiger partial charge in [0.2, 0.25) is 0 Å². The van der Waals surface area contributed by atoms with Crippen LogP contribution in [0.25, 0.3) is 0 Å². The molecule has 0 radical (unpaired) electrons. The van der Waals surface area contributed by atoms with Crippen LogP contribution in [-0.2, 0) is 9.36 Å². The van der Waals surface area contributed by atoms with Crippen LogP contribution in [0.4, 0.5) is 0 Å². The van der Waals surface area contributed by atoms with Crippen LogP contribution < -0.4 is 0 Å². The zero-order valence-electron chi connectivity index (χ0n) is 15.3. The van der Waals surface area contributed by atoms with Gasteiger partial charge in [0.15, 0.2) is 5.66 Å². The van der Waals surface area contributed by atoms with E-state index in [1.165, 1.54) is 64.2 Å². The lowest BCUT2D eigenvalue weighted by molar-refractivity contribution is -0.137. The Labute approximate surface area is 147 Å². The van der Waals surface area contributed by atoms with Crippen molar-refractivity contribution in [3.63, 3.8) is 0 Å². The summed E-state index contributed by atoms with van der Waals surface area (Å²) in [6.45, 7) is 2.24. The number of hydrogen-bond donors (Lipinski definition) is 3. The molecule has 0 saturated carbocycles. The normalized spacial score (nSPS) is 13.1. The van der Waals surface area contributed by atoms with Crippen molar-refractivity contribution in [1.29, 1.82) is 0 Å². The molecule has 0 aromatic heterocycles. The van der Waals surface area contributed by atoms with E-state index in [1.54, 1.807) is 0 Å². The van der Waals surface area contributed by atoms with Crippen LogP contribution in [0.5, 0.6) is 0 Å². The molecule has 0 saturated heterocycles. The summed E-state index contributed by atoms with van der Waals surface area (Å²) in [5, 5.41) is 8.82. The number of hydrogen-bond acceptors (Lipinski definition) is 2. The average Bonchev–Trinajstić information content (AvgIpc) is 2.49. The molecule has 0 aromatic carbocycles. The first-order valence-electron chi connectivity index (χ1n) is 9.67. The van der Waals surface area contributed by atoms with E-state index in [1.807, 2.05) is 0 Å². The van der Waals surface area contributed by atoms with Crippen LogP contribution in [0.15, 0.2) is 0 Å². The molecular weight excluding hydrogens is 327 g/mol. The molecule has 0 heterocycles. The monoisotopic (exact) mass is 364 g/mol. The zero-order chi connectivity index (χ0) is 18.3. The molecule has 0 fully saturated rings. The lowest BCUT2D eigenvalue weighted by Gasteiger charge is -2.13. The van der Waals surface area contributed by atoms with Crippen molar-refractivity contribution in [1.82, 2.24) is 0 Å². The van der Waals surface area contributed by atoms with Gasteiger partial charge in [-0.05, 0) is 6.42 Å². The Hall–Kier alpha value is -0.380. The van der Waals surface area contributed by atoms with Gasteiger partial charge in [-0.15, -0.1) is 0 Å². The van der Waals surface area contributed by atoms with Crippen molar-refractivity contribution in [2.24, 2.45) is 0 Å². The molecule has 24 heavy (non-hydrogen) atoms. The van der Waals surface area contributed by atoms with Crippen molar-refractivity contribution in [2.45, 2.75) is 109 Å². The Bertz CT molecular complexity index is 353. The fourth-order valence-electron chi connectivity index (χ4n) is 2.97. The van der Waals surface area contributed by atoms with Crippen LogP contribution in [-0.4, -0.2) is 26.5 Å². The highest BCUT2D eigenvalue weighted by Crippen LogP contribution is 2.43. The van der Waals surface area contributed by atoms with E-state index < -0.39 is 19.2 Å². The third-order valence-electron chi connectivity index (χ3n) is 4.52. The van der Waals surface area contributed by atoms with E-state index >= 15 is 0 Å². The van der Waals surface area contributed by atoms with E-state index in [-0.39, 0.29) is 6.42 Å². The summed E-state index contributed by atoms with van der Waals surface area (Å²) >= 11 is 0. The Morgan fingerprint density at radius 3 is 1.38 bits per heavy atom. The van der Waals surface area contributed by atoms with E-state index in [2.05, 4.69) is 6.92 Å². The zero-order valence-corrected chi connectivity index (χ0v) is 16.2. The van der Waals surface area contributed by atoms with Crippen molar-refractivity contribution in [3.05, 3.63) is 0 Å². The number of aliphatic carboxylic acids is 1. The number of unbranched alkanes of at least 4 members (excludes halogenated alkanes) is 13. The molecule has 5 nitrogen and oxygen atoms in total. The number of carboxylic acid groups (broad SMARTS) is 1. The molecule has 0 aromatic rings. The first-order chi connectivity index (χ1) is 11.4. The third-order valence-corrected chi connectivity index (χ3v) is 5.81. The summed E-state index contributed by atoms with van der Waals surface area (Å²) in [5.74, 6) is -1.39. The van der Waals surface area contributed by atoms with Crippen molar-refractivity contribution in [3.8, 4) is 0 Å². The van der Waals surface area contributed by atoms with Crippen molar-refractivity contribution in [2.75, 3.05) is 0 Å². The lowest BCUT2D eigenvalue weighted by Crippen LogP contribution is -2.20. The van der Waals surface area contributed by atoms with Crippen LogP contribution in [0.1, 0.15) is 103 Å². The quantitative estimate of drug-likeness (QED) is 0.234. The standard InChI is InChI=1S/C18H37O5P/c1-2-3-4-5-6-7-8-9-10-11-12-13-14-15-16-17(18(19)20)24(21,22)23/h17H,2-16H2,1H3,(H,19,20)(H2,21,22,23). The van der Waals surface area contributed by atoms with Gasteiger partial charge >= 0.3 is 13.6 Å². The summed E-state index contributed by atoms with van der Waals surface area (Å²) in [5.41, 5.74) is -1.53. The van der Waals surface area contributed by atoms with Gasteiger partial charge in [0, 0.05) is 0 Å². The van der Waals surface area contributed by atoms with Crippen LogP contribution >= 0.6 is 7.60 Å². The molecule has 0 aliphatic heterocycles. The Balaban J connectivity index is 3.36. The molecule has 0 amide bonds. The Morgan fingerprint density at radius 2 is 1.08 bits per heavy atom. The van der Waals surface area contributed by atoms with Gasteiger partial charge in [0.1, 0.15) is 0 Å². The minimum absolute atomic E-state index is 0.0671. The summed E-state index contributed by atoms with van der Waals surface area (Å²) < 4.78 is 11.1. The highest BCUT2D eigenvalue weighted by molar-refractivity contribution is 7.53. The van der Waals surface area contributed by atoms with Gasteiger partial charge in [0.25, 0.3) is 0 Å². The van der Waals surface area contributed by atoms with Crippen LogP contribution in [0, 0.1) is 0 Å². The summed E-state index contributed by atoms with van der Waals surface area (Å²) in [6, 6.07) is 0. The molecule has 0 aliphatic carbocycles. The molecule has 144 valence electrons. The molecule has 3 N–H and O–H groups in total. The Morgan fingerprint density at radius 1 is 0.750 bits per heavy atom. The van der Waals surface area contributed by atoms with Gasteiger partial charge in [-0.3, -0.25) is 9.36 Å². The van der Waals surface area contributed by atoms with Gasteiger partial charge in [-0.2, -0.15) is 0 Å². The number of rotatable bonds is 17. The predicted molar refractivity (Wildman–Crippen MR) is 98.4 cm³/mol. The minimum atomic E-state index is -4.52. The second-order valence-electron chi connectivity index (χ2n) is 6.83. The maximum atomic E-state index is 11.1. The maximum Gasteiger partial charge on any atom is 0.339 e. The maximum absolute atomic E-state index is 11.1. The second kappa shape index (κ2) is 14.9. The van der Waals surface area contributed by atoms with Gasteiger partial charge < -0.3 is 14.9 Å². The Kier molecular flexibility index (Phi) is 14.7.